The first-order valence-corrected chi connectivity index (χ1v) is 4.97. The van der Waals surface area contributed by atoms with E-state index in [1.165, 1.54) is 11.1 Å². The quantitative estimate of drug-likeness (QED) is 0.687. The highest BCUT2D eigenvalue weighted by atomic mass is 31.1. The summed E-state index contributed by atoms with van der Waals surface area (Å²) in [6.45, 7) is 2.14. The molecule has 0 heterocycles. The zero-order chi connectivity index (χ0) is 8.10. The standard InChI is InChI=1S/C9H13OP/c1-2-8-5-3-4-6-9(8)7-11-10/h3-6,10-11H,2,7H2,1H3. The molecule has 0 bridgehead atoms. The van der Waals surface area contributed by atoms with Crippen LogP contribution in [0.1, 0.15) is 18.1 Å². The van der Waals surface area contributed by atoms with Crippen molar-refractivity contribution in [3.8, 4) is 0 Å². The average molecular weight is 168 g/mol. The van der Waals surface area contributed by atoms with Gasteiger partial charge in [0, 0.05) is 15.0 Å². The summed E-state index contributed by atoms with van der Waals surface area (Å²) in [4.78, 5) is 8.77. The molecule has 0 radical (unpaired) electrons. The lowest BCUT2D eigenvalue weighted by Gasteiger charge is -2.03. The summed E-state index contributed by atoms with van der Waals surface area (Å²) in [5.41, 5.74) is 2.64. The van der Waals surface area contributed by atoms with Crippen LogP contribution in [0, 0.1) is 0 Å². The monoisotopic (exact) mass is 168 g/mol. The number of rotatable bonds is 3. The Morgan fingerprint density at radius 1 is 1.27 bits per heavy atom. The Morgan fingerprint density at radius 3 is 2.45 bits per heavy atom. The van der Waals surface area contributed by atoms with Crippen LogP contribution in [0.15, 0.2) is 24.3 Å². The van der Waals surface area contributed by atoms with Crippen molar-refractivity contribution in [3.63, 3.8) is 0 Å². The largest absolute Gasteiger partial charge is 0.377 e. The number of hydrogen-bond acceptors (Lipinski definition) is 1. The molecule has 1 aromatic carbocycles. The van der Waals surface area contributed by atoms with Crippen molar-refractivity contribution in [2.45, 2.75) is 19.5 Å². The minimum atomic E-state index is 0.0346. The molecule has 0 aliphatic rings. The minimum Gasteiger partial charge on any atom is -0.377 e. The Morgan fingerprint density at radius 2 is 1.91 bits per heavy atom. The highest BCUT2D eigenvalue weighted by Gasteiger charge is 1.96. The molecule has 11 heavy (non-hydrogen) atoms. The van der Waals surface area contributed by atoms with Crippen molar-refractivity contribution in [2.75, 3.05) is 0 Å². The van der Waals surface area contributed by atoms with Gasteiger partial charge in [-0.3, -0.25) is 0 Å². The Kier molecular flexibility index (Phi) is 3.55. The Hall–Kier alpha value is -0.390. The third-order valence-electron chi connectivity index (χ3n) is 1.77. The van der Waals surface area contributed by atoms with Crippen LogP contribution in [-0.2, 0) is 12.6 Å². The van der Waals surface area contributed by atoms with E-state index in [2.05, 4.69) is 19.1 Å². The maximum absolute atomic E-state index is 8.77. The molecule has 2 heteroatoms. The van der Waals surface area contributed by atoms with Crippen molar-refractivity contribution in [1.29, 1.82) is 0 Å². The van der Waals surface area contributed by atoms with E-state index in [0.717, 1.165) is 12.6 Å². The third kappa shape index (κ3) is 2.28. The van der Waals surface area contributed by atoms with E-state index in [1.54, 1.807) is 0 Å². The molecule has 1 atom stereocenters. The summed E-state index contributed by atoms with van der Waals surface area (Å²) >= 11 is 0. The number of hydrogen-bond donors (Lipinski definition) is 1. The summed E-state index contributed by atoms with van der Waals surface area (Å²) in [5.74, 6) is 0. The van der Waals surface area contributed by atoms with Crippen LogP contribution in [0.5, 0.6) is 0 Å². The van der Waals surface area contributed by atoms with Crippen LogP contribution in [0.2, 0.25) is 0 Å². The molecule has 0 aromatic heterocycles. The molecule has 0 saturated carbocycles. The van der Waals surface area contributed by atoms with Gasteiger partial charge in [0.25, 0.3) is 0 Å². The van der Waals surface area contributed by atoms with E-state index in [4.69, 9.17) is 4.89 Å². The van der Waals surface area contributed by atoms with Crippen molar-refractivity contribution >= 4 is 8.81 Å². The molecular formula is C9H13OP. The molecule has 0 fully saturated rings. The zero-order valence-corrected chi connectivity index (χ0v) is 7.67. The fraction of sp³-hybridized carbons (Fsp3) is 0.333. The predicted molar refractivity (Wildman–Crippen MR) is 50.1 cm³/mol. The molecule has 1 unspecified atom stereocenters. The molecule has 1 nitrogen and oxygen atoms in total. The molecule has 0 aliphatic heterocycles. The summed E-state index contributed by atoms with van der Waals surface area (Å²) in [6, 6.07) is 8.27. The third-order valence-corrected chi connectivity index (χ3v) is 2.31. The van der Waals surface area contributed by atoms with Crippen LogP contribution < -0.4 is 0 Å². The van der Waals surface area contributed by atoms with Gasteiger partial charge in [-0.2, -0.15) is 0 Å². The van der Waals surface area contributed by atoms with Gasteiger partial charge in [0.05, 0.1) is 0 Å². The lowest BCUT2D eigenvalue weighted by molar-refractivity contribution is 0.644. The highest BCUT2D eigenvalue weighted by molar-refractivity contribution is 7.30. The van der Waals surface area contributed by atoms with Gasteiger partial charge < -0.3 is 4.89 Å². The first kappa shape index (κ1) is 8.70. The van der Waals surface area contributed by atoms with E-state index in [-0.39, 0.29) is 8.81 Å². The minimum absolute atomic E-state index is 0.0346. The Labute approximate surface area is 69.3 Å². The summed E-state index contributed by atoms with van der Waals surface area (Å²) < 4.78 is 0. The van der Waals surface area contributed by atoms with Gasteiger partial charge in [-0.05, 0) is 17.5 Å². The maximum Gasteiger partial charge on any atom is 0.0152 e. The number of aryl methyl sites for hydroxylation is 1. The normalized spacial score (nSPS) is 11.1. The summed E-state index contributed by atoms with van der Waals surface area (Å²) in [7, 11) is 0.0346. The number of benzene rings is 1. The van der Waals surface area contributed by atoms with Gasteiger partial charge in [0.1, 0.15) is 0 Å². The van der Waals surface area contributed by atoms with Crippen molar-refractivity contribution < 1.29 is 4.89 Å². The molecule has 0 aliphatic carbocycles. The SMILES string of the molecule is CCc1ccccc1CPO. The first-order chi connectivity index (χ1) is 5.38. The maximum atomic E-state index is 8.77. The zero-order valence-electron chi connectivity index (χ0n) is 6.67. The van der Waals surface area contributed by atoms with E-state index < -0.39 is 0 Å². The Bertz CT molecular complexity index is 223. The van der Waals surface area contributed by atoms with Gasteiger partial charge in [0.15, 0.2) is 0 Å². The van der Waals surface area contributed by atoms with E-state index in [1.807, 2.05) is 12.1 Å². The van der Waals surface area contributed by atoms with Crippen molar-refractivity contribution in [2.24, 2.45) is 0 Å². The van der Waals surface area contributed by atoms with Gasteiger partial charge >= 0.3 is 0 Å². The fourth-order valence-corrected chi connectivity index (χ4v) is 1.68. The molecule has 0 spiro atoms. The molecule has 1 N–H and O–H groups in total. The van der Waals surface area contributed by atoms with Gasteiger partial charge in [-0.1, -0.05) is 31.2 Å². The summed E-state index contributed by atoms with van der Waals surface area (Å²) in [5, 5.41) is 0. The van der Waals surface area contributed by atoms with Crippen molar-refractivity contribution in [3.05, 3.63) is 35.4 Å². The second-order valence-electron chi connectivity index (χ2n) is 2.46. The highest BCUT2D eigenvalue weighted by Crippen LogP contribution is 2.17. The Balaban J connectivity index is 2.83. The predicted octanol–water partition coefficient (Wildman–Crippen LogP) is 2.33. The molecule has 1 rings (SSSR count). The van der Waals surface area contributed by atoms with Crippen LogP contribution >= 0.6 is 8.81 Å². The lowest BCUT2D eigenvalue weighted by Crippen LogP contribution is -1.87. The second kappa shape index (κ2) is 4.48. The van der Waals surface area contributed by atoms with Crippen LogP contribution in [-0.4, -0.2) is 4.89 Å². The van der Waals surface area contributed by atoms with Crippen LogP contribution in [0.4, 0.5) is 0 Å². The van der Waals surface area contributed by atoms with E-state index in [0.29, 0.717) is 0 Å². The molecule has 1 aromatic rings. The van der Waals surface area contributed by atoms with E-state index >= 15 is 0 Å². The van der Waals surface area contributed by atoms with Gasteiger partial charge in [-0.15, -0.1) is 0 Å². The average Bonchev–Trinajstić information content (AvgIpc) is 2.06. The second-order valence-corrected chi connectivity index (χ2v) is 3.13. The summed E-state index contributed by atoms with van der Waals surface area (Å²) in [6.07, 6.45) is 1.87. The van der Waals surface area contributed by atoms with E-state index in [9.17, 15) is 0 Å². The van der Waals surface area contributed by atoms with Crippen LogP contribution in [0.25, 0.3) is 0 Å². The van der Waals surface area contributed by atoms with Gasteiger partial charge in [-0.25, -0.2) is 0 Å². The molecular weight excluding hydrogens is 155 g/mol. The van der Waals surface area contributed by atoms with Crippen LogP contribution in [0.3, 0.4) is 0 Å². The van der Waals surface area contributed by atoms with Gasteiger partial charge in [0.2, 0.25) is 0 Å². The molecule has 60 valence electrons. The molecule has 0 saturated heterocycles. The van der Waals surface area contributed by atoms with Crippen molar-refractivity contribution in [1.82, 2.24) is 0 Å². The fourth-order valence-electron chi connectivity index (χ4n) is 1.16. The smallest absolute Gasteiger partial charge is 0.0152 e. The molecule has 0 amide bonds. The lowest BCUT2D eigenvalue weighted by atomic mass is 10.1. The topological polar surface area (TPSA) is 20.2 Å². The first-order valence-electron chi connectivity index (χ1n) is 3.82.